The highest BCUT2D eigenvalue weighted by Gasteiger charge is 2.41. The van der Waals surface area contributed by atoms with E-state index in [0.717, 1.165) is 0 Å². The quantitative estimate of drug-likeness (QED) is 0.752. The van der Waals surface area contributed by atoms with Crippen molar-refractivity contribution in [3.8, 4) is 0 Å². The second-order valence-electron chi connectivity index (χ2n) is 4.46. The number of nitrogens with one attached hydrogen (secondary N) is 2. The number of rotatable bonds is 7. The summed E-state index contributed by atoms with van der Waals surface area (Å²) in [4.78, 5) is -0.208. The lowest BCUT2D eigenvalue weighted by atomic mass is 10.1. The Hall–Kier alpha value is -1.19. The fourth-order valence-electron chi connectivity index (χ4n) is 1.68. The van der Waals surface area contributed by atoms with E-state index in [1.54, 1.807) is 13.1 Å². The Balaban J connectivity index is 3.01. The summed E-state index contributed by atoms with van der Waals surface area (Å²) in [7, 11) is -2.62. The Kier molecular flexibility index (Phi) is 5.71. The average molecular weight is 328 g/mol. The van der Waals surface area contributed by atoms with Crippen LogP contribution in [0.2, 0.25) is 0 Å². The maximum Gasteiger partial charge on any atom is 0.320 e. The Morgan fingerprint density at radius 3 is 2.43 bits per heavy atom. The second-order valence-corrected chi connectivity index (χ2v) is 6.19. The summed E-state index contributed by atoms with van der Waals surface area (Å²) in [6.07, 6.45) is -3.93. The molecule has 0 radical (unpaired) electrons. The van der Waals surface area contributed by atoms with Crippen LogP contribution in [0.3, 0.4) is 0 Å². The van der Waals surface area contributed by atoms with Crippen molar-refractivity contribution in [1.82, 2.24) is 10.0 Å². The number of sulfonamides is 1. The van der Waals surface area contributed by atoms with E-state index in [1.807, 2.05) is 0 Å². The van der Waals surface area contributed by atoms with Gasteiger partial charge in [0.2, 0.25) is 10.0 Å². The van der Waals surface area contributed by atoms with Crippen molar-refractivity contribution in [2.45, 2.75) is 30.7 Å². The largest absolute Gasteiger partial charge is 0.320 e. The minimum Gasteiger partial charge on any atom is -0.316 e. The molecule has 0 saturated heterocycles. The topological polar surface area (TPSA) is 58.2 Å². The highest BCUT2D eigenvalue weighted by atomic mass is 32.2. The van der Waals surface area contributed by atoms with Crippen LogP contribution in [0.4, 0.5) is 17.6 Å². The maximum absolute atomic E-state index is 12.8. The number of hydrogen-bond acceptors (Lipinski definition) is 3. The van der Waals surface area contributed by atoms with Gasteiger partial charge in [-0.15, -0.1) is 0 Å². The van der Waals surface area contributed by atoms with Gasteiger partial charge in [0.25, 0.3) is 0 Å². The van der Waals surface area contributed by atoms with E-state index in [1.165, 1.54) is 23.8 Å². The van der Waals surface area contributed by atoms with Crippen molar-refractivity contribution in [1.29, 1.82) is 0 Å². The maximum atomic E-state index is 12.8. The molecule has 120 valence electrons. The zero-order valence-corrected chi connectivity index (χ0v) is 12.3. The number of benzene rings is 1. The molecule has 4 nitrogen and oxygen atoms in total. The third kappa shape index (κ3) is 4.39. The average Bonchev–Trinajstić information content (AvgIpc) is 2.39. The zero-order chi connectivity index (χ0) is 16.3. The molecule has 0 aromatic heterocycles. The van der Waals surface area contributed by atoms with Crippen LogP contribution in [0.1, 0.15) is 11.1 Å². The van der Waals surface area contributed by atoms with Crippen LogP contribution in [0.5, 0.6) is 0 Å². The van der Waals surface area contributed by atoms with Crippen molar-refractivity contribution in [3.63, 3.8) is 0 Å². The Bertz CT molecular complexity index is 591. The van der Waals surface area contributed by atoms with Gasteiger partial charge >= 0.3 is 12.3 Å². The summed E-state index contributed by atoms with van der Waals surface area (Å²) < 4.78 is 75.2. The van der Waals surface area contributed by atoms with Gasteiger partial charge in [-0.2, -0.15) is 8.78 Å². The molecule has 0 amide bonds. The van der Waals surface area contributed by atoms with Crippen molar-refractivity contribution < 1.29 is 26.0 Å². The minimum atomic E-state index is -4.41. The third-order valence-corrected chi connectivity index (χ3v) is 4.42. The lowest BCUT2D eigenvalue weighted by Crippen LogP contribution is -2.41. The van der Waals surface area contributed by atoms with Gasteiger partial charge in [0.05, 0.1) is 11.4 Å². The predicted octanol–water partition coefficient (Wildman–Crippen LogP) is 1.89. The molecule has 1 rings (SSSR count). The van der Waals surface area contributed by atoms with Crippen LogP contribution < -0.4 is 10.0 Å². The third-order valence-electron chi connectivity index (χ3n) is 2.87. The molecule has 0 fully saturated rings. The fraction of sp³-hybridized carbons (Fsp3) is 0.500. The van der Waals surface area contributed by atoms with Crippen LogP contribution in [-0.2, 0) is 16.6 Å². The lowest BCUT2D eigenvalue weighted by Gasteiger charge is -2.17. The Labute approximate surface area is 120 Å². The standard InChI is InChI=1S/C12H16F4N2O2S/c1-8-9(6-17-2)4-3-5-10(8)21(19,20)18-7-12(15,16)11(13)14/h3-5,11,17-18H,6-7H2,1-2H3. The summed E-state index contributed by atoms with van der Waals surface area (Å²) in [6.45, 7) is 0.261. The van der Waals surface area contributed by atoms with Gasteiger partial charge in [-0.3, -0.25) is 0 Å². The molecule has 0 aliphatic heterocycles. The first-order valence-corrected chi connectivity index (χ1v) is 7.49. The van der Waals surface area contributed by atoms with Gasteiger partial charge in [0.15, 0.2) is 0 Å². The molecule has 1 aromatic rings. The van der Waals surface area contributed by atoms with Gasteiger partial charge < -0.3 is 5.32 Å². The zero-order valence-electron chi connectivity index (χ0n) is 11.5. The first-order valence-electron chi connectivity index (χ1n) is 6.00. The van der Waals surface area contributed by atoms with Crippen LogP contribution in [-0.4, -0.2) is 34.4 Å². The fourth-order valence-corrected chi connectivity index (χ4v) is 3.01. The Morgan fingerprint density at radius 1 is 1.29 bits per heavy atom. The molecular formula is C12H16F4N2O2S. The molecule has 0 aliphatic rings. The van der Waals surface area contributed by atoms with E-state index in [4.69, 9.17) is 0 Å². The molecular weight excluding hydrogens is 312 g/mol. The molecule has 21 heavy (non-hydrogen) atoms. The highest BCUT2D eigenvalue weighted by Crippen LogP contribution is 2.23. The van der Waals surface area contributed by atoms with E-state index in [2.05, 4.69) is 5.32 Å². The summed E-state index contributed by atoms with van der Waals surface area (Å²) in [5, 5.41) is 2.84. The van der Waals surface area contributed by atoms with Crippen LogP contribution >= 0.6 is 0 Å². The van der Waals surface area contributed by atoms with E-state index < -0.39 is 28.9 Å². The Morgan fingerprint density at radius 2 is 1.90 bits per heavy atom. The predicted molar refractivity (Wildman–Crippen MR) is 70.1 cm³/mol. The minimum absolute atomic E-state index is 0.208. The summed E-state index contributed by atoms with van der Waals surface area (Å²) in [5.74, 6) is -4.41. The van der Waals surface area contributed by atoms with E-state index in [0.29, 0.717) is 17.7 Å². The molecule has 0 atom stereocenters. The normalized spacial score (nSPS) is 12.9. The highest BCUT2D eigenvalue weighted by molar-refractivity contribution is 7.89. The molecule has 1 aromatic carbocycles. The number of alkyl halides is 4. The molecule has 0 bridgehead atoms. The van der Waals surface area contributed by atoms with Gasteiger partial charge in [-0.05, 0) is 31.2 Å². The van der Waals surface area contributed by atoms with Crippen LogP contribution in [0, 0.1) is 6.92 Å². The van der Waals surface area contributed by atoms with E-state index >= 15 is 0 Å². The van der Waals surface area contributed by atoms with Gasteiger partial charge in [0.1, 0.15) is 0 Å². The van der Waals surface area contributed by atoms with Crippen molar-refractivity contribution in [3.05, 3.63) is 29.3 Å². The van der Waals surface area contributed by atoms with E-state index in [-0.39, 0.29) is 4.90 Å². The van der Waals surface area contributed by atoms with Gasteiger partial charge in [-0.1, -0.05) is 12.1 Å². The molecule has 2 N–H and O–H groups in total. The van der Waals surface area contributed by atoms with E-state index in [9.17, 15) is 26.0 Å². The summed E-state index contributed by atoms with van der Waals surface area (Å²) in [6, 6.07) is 4.37. The lowest BCUT2D eigenvalue weighted by molar-refractivity contribution is -0.122. The second kappa shape index (κ2) is 6.71. The van der Waals surface area contributed by atoms with Gasteiger partial charge in [0, 0.05) is 6.54 Å². The summed E-state index contributed by atoms with van der Waals surface area (Å²) in [5.41, 5.74) is 1.04. The number of hydrogen-bond donors (Lipinski definition) is 2. The van der Waals surface area contributed by atoms with Crippen molar-refractivity contribution in [2.24, 2.45) is 0 Å². The molecule has 0 heterocycles. The monoisotopic (exact) mass is 328 g/mol. The van der Waals surface area contributed by atoms with Crippen LogP contribution in [0.25, 0.3) is 0 Å². The first kappa shape index (κ1) is 17.9. The molecule has 0 spiro atoms. The molecule has 0 saturated carbocycles. The first-order chi connectivity index (χ1) is 9.62. The molecule has 9 heteroatoms. The number of halogens is 4. The smallest absolute Gasteiger partial charge is 0.316 e. The summed E-state index contributed by atoms with van der Waals surface area (Å²) >= 11 is 0. The van der Waals surface area contributed by atoms with Crippen molar-refractivity contribution >= 4 is 10.0 Å². The molecule has 0 unspecified atom stereocenters. The van der Waals surface area contributed by atoms with Crippen molar-refractivity contribution in [2.75, 3.05) is 13.6 Å². The van der Waals surface area contributed by atoms with Gasteiger partial charge in [-0.25, -0.2) is 21.9 Å². The van der Waals surface area contributed by atoms with Crippen LogP contribution in [0.15, 0.2) is 23.1 Å². The SMILES string of the molecule is CNCc1cccc(S(=O)(=O)NCC(F)(F)C(F)F)c1C. The molecule has 0 aliphatic carbocycles.